The van der Waals surface area contributed by atoms with Crippen LogP contribution >= 0.6 is 0 Å². The van der Waals surface area contributed by atoms with Crippen molar-refractivity contribution in [3.63, 3.8) is 0 Å². The van der Waals surface area contributed by atoms with E-state index in [2.05, 4.69) is 24.3 Å². The van der Waals surface area contributed by atoms with Crippen molar-refractivity contribution in [3.05, 3.63) is 18.0 Å². The second-order valence-corrected chi connectivity index (χ2v) is 6.01. The van der Waals surface area contributed by atoms with Crippen molar-refractivity contribution in [2.45, 2.75) is 58.4 Å². The molecule has 0 aromatic carbocycles. The molecule has 112 valence electrons. The van der Waals surface area contributed by atoms with E-state index < -0.39 is 0 Å². The van der Waals surface area contributed by atoms with Crippen molar-refractivity contribution >= 4 is 5.78 Å². The second-order valence-electron chi connectivity index (χ2n) is 6.01. The first-order valence-electron chi connectivity index (χ1n) is 7.95. The number of hydrogen-bond donors (Lipinski definition) is 1. The predicted molar refractivity (Wildman–Crippen MR) is 80.8 cm³/mol. The Morgan fingerprint density at radius 1 is 1.60 bits per heavy atom. The fourth-order valence-corrected chi connectivity index (χ4v) is 2.73. The third-order valence-corrected chi connectivity index (χ3v) is 4.31. The number of rotatable bonds is 7. The molecule has 0 bridgehead atoms. The van der Waals surface area contributed by atoms with E-state index in [1.165, 1.54) is 12.8 Å². The van der Waals surface area contributed by atoms with Crippen molar-refractivity contribution < 1.29 is 4.79 Å². The van der Waals surface area contributed by atoms with Gasteiger partial charge in [-0.3, -0.25) is 9.48 Å². The number of piperidine rings is 1. The van der Waals surface area contributed by atoms with Crippen molar-refractivity contribution in [1.82, 2.24) is 15.1 Å². The zero-order valence-electron chi connectivity index (χ0n) is 12.8. The molecule has 1 aliphatic rings. The number of ketones is 1. The van der Waals surface area contributed by atoms with Gasteiger partial charge in [-0.15, -0.1) is 0 Å². The molecule has 1 aromatic heterocycles. The molecule has 0 spiro atoms. The highest BCUT2D eigenvalue weighted by atomic mass is 16.1. The van der Waals surface area contributed by atoms with Gasteiger partial charge in [-0.1, -0.05) is 6.92 Å². The first-order valence-corrected chi connectivity index (χ1v) is 7.95. The molecule has 1 aliphatic heterocycles. The van der Waals surface area contributed by atoms with Gasteiger partial charge in [-0.05, 0) is 57.7 Å². The van der Waals surface area contributed by atoms with Crippen LogP contribution in [0.5, 0.6) is 0 Å². The van der Waals surface area contributed by atoms with Crippen LogP contribution in [-0.4, -0.2) is 28.7 Å². The molecule has 0 saturated carbocycles. The average molecular weight is 277 g/mol. The quantitative estimate of drug-likeness (QED) is 0.833. The Morgan fingerprint density at radius 2 is 2.45 bits per heavy atom. The Kier molecular flexibility index (Phi) is 5.77. The van der Waals surface area contributed by atoms with Crippen LogP contribution in [0.25, 0.3) is 0 Å². The fraction of sp³-hybridized carbons (Fsp3) is 0.750. The van der Waals surface area contributed by atoms with E-state index in [0.717, 1.165) is 31.6 Å². The Bertz CT molecular complexity index is 421. The number of nitrogens with zero attached hydrogens (tertiary/aromatic N) is 2. The number of Topliss-reactive ketones (excluding diaryl/α,β-unsaturated/α-hetero) is 1. The van der Waals surface area contributed by atoms with Crippen LogP contribution in [0.1, 0.15) is 57.7 Å². The number of nitrogens with one attached hydrogen (secondary N) is 1. The summed E-state index contributed by atoms with van der Waals surface area (Å²) >= 11 is 0. The SMILES string of the molecule is CCC(C)n1ccc(CC(=O)CCC2CCCNC2)n1. The Hall–Kier alpha value is -1.16. The molecule has 2 atom stereocenters. The van der Waals surface area contributed by atoms with E-state index >= 15 is 0 Å². The largest absolute Gasteiger partial charge is 0.316 e. The molecule has 20 heavy (non-hydrogen) atoms. The summed E-state index contributed by atoms with van der Waals surface area (Å²) in [6.07, 6.45) is 7.77. The lowest BCUT2D eigenvalue weighted by Crippen LogP contribution is -2.30. The minimum absolute atomic E-state index is 0.324. The van der Waals surface area contributed by atoms with Gasteiger partial charge in [0.15, 0.2) is 0 Å². The van der Waals surface area contributed by atoms with Gasteiger partial charge in [0.1, 0.15) is 5.78 Å². The Balaban J connectivity index is 1.74. The lowest BCUT2D eigenvalue weighted by Gasteiger charge is -2.22. The maximum absolute atomic E-state index is 12.0. The standard InChI is InChI=1S/C16H27N3O/c1-3-13(2)19-10-8-15(18-19)11-16(20)7-6-14-5-4-9-17-12-14/h8,10,13-14,17H,3-7,9,11-12H2,1-2H3. The molecular formula is C16H27N3O. The molecule has 0 aliphatic carbocycles. The fourth-order valence-electron chi connectivity index (χ4n) is 2.73. The number of aromatic nitrogens is 2. The van der Waals surface area contributed by atoms with Crippen LogP contribution in [0.4, 0.5) is 0 Å². The topological polar surface area (TPSA) is 46.9 Å². The van der Waals surface area contributed by atoms with Crippen LogP contribution in [0.15, 0.2) is 12.3 Å². The smallest absolute Gasteiger partial charge is 0.138 e. The minimum atomic E-state index is 0.324. The molecule has 1 fully saturated rings. The summed E-state index contributed by atoms with van der Waals surface area (Å²) in [5, 5.41) is 7.90. The molecule has 0 radical (unpaired) electrons. The van der Waals surface area contributed by atoms with E-state index in [9.17, 15) is 4.79 Å². The Labute approximate surface area is 121 Å². The zero-order valence-corrected chi connectivity index (χ0v) is 12.8. The number of carbonyl (C=O) groups is 1. The molecule has 4 nitrogen and oxygen atoms in total. The van der Waals surface area contributed by atoms with Crippen molar-refractivity contribution in [3.8, 4) is 0 Å². The minimum Gasteiger partial charge on any atom is -0.316 e. The van der Waals surface area contributed by atoms with Crippen LogP contribution in [0, 0.1) is 5.92 Å². The van der Waals surface area contributed by atoms with Gasteiger partial charge < -0.3 is 5.32 Å². The van der Waals surface area contributed by atoms with E-state index in [1.54, 1.807) is 0 Å². The van der Waals surface area contributed by atoms with Gasteiger partial charge in [0, 0.05) is 18.7 Å². The lowest BCUT2D eigenvalue weighted by molar-refractivity contribution is -0.118. The summed E-state index contributed by atoms with van der Waals surface area (Å²) in [7, 11) is 0. The van der Waals surface area contributed by atoms with Gasteiger partial charge in [0.25, 0.3) is 0 Å². The second kappa shape index (κ2) is 7.58. The van der Waals surface area contributed by atoms with Crippen molar-refractivity contribution in [2.75, 3.05) is 13.1 Å². The average Bonchev–Trinajstić information content (AvgIpc) is 2.94. The van der Waals surface area contributed by atoms with Crippen molar-refractivity contribution in [2.24, 2.45) is 5.92 Å². The van der Waals surface area contributed by atoms with E-state index in [0.29, 0.717) is 30.6 Å². The summed E-state index contributed by atoms with van der Waals surface area (Å²) in [4.78, 5) is 12.0. The summed E-state index contributed by atoms with van der Waals surface area (Å²) < 4.78 is 1.97. The lowest BCUT2D eigenvalue weighted by atomic mass is 9.93. The van der Waals surface area contributed by atoms with Crippen LogP contribution in [-0.2, 0) is 11.2 Å². The van der Waals surface area contributed by atoms with Crippen LogP contribution in [0.2, 0.25) is 0 Å². The first-order chi connectivity index (χ1) is 9.69. The van der Waals surface area contributed by atoms with Gasteiger partial charge in [-0.2, -0.15) is 5.10 Å². The Morgan fingerprint density at radius 3 is 3.15 bits per heavy atom. The monoisotopic (exact) mass is 277 g/mol. The highest BCUT2D eigenvalue weighted by Gasteiger charge is 2.15. The maximum Gasteiger partial charge on any atom is 0.138 e. The summed E-state index contributed by atoms with van der Waals surface area (Å²) in [6.45, 7) is 6.51. The summed E-state index contributed by atoms with van der Waals surface area (Å²) in [5.41, 5.74) is 0.914. The molecule has 1 aromatic rings. The normalized spacial score (nSPS) is 20.8. The van der Waals surface area contributed by atoms with Gasteiger partial charge in [0.2, 0.25) is 0 Å². The highest BCUT2D eigenvalue weighted by molar-refractivity contribution is 5.80. The predicted octanol–water partition coefficient (Wildman–Crippen LogP) is 2.75. The molecule has 2 rings (SSSR count). The van der Waals surface area contributed by atoms with Crippen molar-refractivity contribution in [1.29, 1.82) is 0 Å². The molecule has 1 saturated heterocycles. The maximum atomic E-state index is 12.0. The molecule has 0 amide bonds. The number of hydrogen-bond acceptors (Lipinski definition) is 3. The third-order valence-electron chi connectivity index (χ3n) is 4.31. The van der Waals surface area contributed by atoms with Crippen LogP contribution in [0.3, 0.4) is 0 Å². The van der Waals surface area contributed by atoms with E-state index in [1.807, 2.05) is 16.9 Å². The molecule has 2 unspecified atom stereocenters. The summed E-state index contributed by atoms with van der Waals surface area (Å²) in [5.74, 6) is 1.01. The first kappa shape index (κ1) is 15.2. The zero-order chi connectivity index (χ0) is 14.4. The molecular weight excluding hydrogens is 250 g/mol. The van der Waals surface area contributed by atoms with E-state index in [4.69, 9.17) is 0 Å². The van der Waals surface area contributed by atoms with Gasteiger partial charge in [-0.25, -0.2) is 0 Å². The highest BCUT2D eigenvalue weighted by Crippen LogP contribution is 2.17. The molecule has 4 heteroatoms. The van der Waals surface area contributed by atoms with Gasteiger partial charge >= 0.3 is 0 Å². The summed E-state index contributed by atoms with van der Waals surface area (Å²) in [6, 6.07) is 2.39. The number of carbonyl (C=O) groups excluding carboxylic acids is 1. The molecule has 2 heterocycles. The van der Waals surface area contributed by atoms with Gasteiger partial charge in [0.05, 0.1) is 12.1 Å². The van der Waals surface area contributed by atoms with Crippen LogP contribution < -0.4 is 5.32 Å². The molecule has 1 N–H and O–H groups in total. The third kappa shape index (κ3) is 4.44. The van der Waals surface area contributed by atoms with E-state index in [-0.39, 0.29) is 0 Å².